The van der Waals surface area contributed by atoms with Gasteiger partial charge in [-0.05, 0) is 12.1 Å². The monoisotopic (exact) mass is 286 g/mol. The molecule has 0 unspecified atom stereocenters. The molecule has 0 fully saturated rings. The summed E-state index contributed by atoms with van der Waals surface area (Å²) < 4.78 is 45.6. The minimum absolute atomic E-state index is 0.134. The normalized spacial score (nSPS) is 12.8. The van der Waals surface area contributed by atoms with Gasteiger partial charge >= 0.3 is 0 Å². The minimum Gasteiger partial charge on any atom is -0.225 e. The van der Waals surface area contributed by atoms with Crippen molar-refractivity contribution in [2.75, 3.05) is 0 Å². The van der Waals surface area contributed by atoms with Gasteiger partial charge in [0.1, 0.15) is 0 Å². The maximum Gasteiger partial charge on any atom is 0.238 e. The molecule has 2 aromatic carbocycles. The lowest BCUT2D eigenvalue weighted by Gasteiger charge is -2.07. The molecule has 0 aromatic heterocycles. The van der Waals surface area contributed by atoms with E-state index in [1.807, 2.05) is 0 Å². The average Bonchev–Trinajstić information content (AvgIpc) is 2.24. The Kier molecular flexibility index (Phi) is 2.90. The maximum atomic E-state index is 11.4. The molecule has 2 aromatic rings. The van der Waals surface area contributed by atoms with Gasteiger partial charge < -0.3 is 0 Å². The van der Waals surface area contributed by atoms with Crippen LogP contribution in [0.15, 0.2) is 46.2 Å². The number of benzene rings is 2. The summed E-state index contributed by atoms with van der Waals surface area (Å²) in [6.07, 6.45) is 0. The van der Waals surface area contributed by atoms with Gasteiger partial charge in [-0.1, -0.05) is 24.3 Å². The molecular formula is C10H10N2O4S2. The van der Waals surface area contributed by atoms with Gasteiger partial charge in [0.05, 0.1) is 9.79 Å². The van der Waals surface area contributed by atoms with Crippen molar-refractivity contribution < 1.29 is 16.8 Å². The molecule has 0 aliphatic rings. The highest BCUT2D eigenvalue weighted by Gasteiger charge is 2.17. The summed E-state index contributed by atoms with van der Waals surface area (Å²) in [6.45, 7) is 0. The van der Waals surface area contributed by atoms with Gasteiger partial charge in [-0.25, -0.2) is 27.1 Å². The second-order valence-electron chi connectivity index (χ2n) is 3.70. The Morgan fingerprint density at radius 3 is 1.28 bits per heavy atom. The minimum atomic E-state index is -3.93. The van der Waals surface area contributed by atoms with E-state index in [9.17, 15) is 16.8 Å². The third kappa shape index (κ3) is 2.23. The molecular weight excluding hydrogens is 276 g/mol. The smallest absolute Gasteiger partial charge is 0.225 e. The molecule has 0 aliphatic heterocycles. The van der Waals surface area contributed by atoms with Crippen LogP contribution in [0.25, 0.3) is 10.8 Å². The first kappa shape index (κ1) is 13.0. The number of hydrogen-bond acceptors (Lipinski definition) is 4. The lowest BCUT2D eigenvalue weighted by atomic mass is 10.1. The third-order valence-corrected chi connectivity index (χ3v) is 4.39. The lowest BCUT2D eigenvalue weighted by Crippen LogP contribution is -2.15. The number of fused-ring (bicyclic) bond motifs is 1. The molecule has 2 rings (SSSR count). The molecule has 4 N–H and O–H groups in total. The van der Waals surface area contributed by atoms with Gasteiger partial charge in [0.25, 0.3) is 0 Å². The summed E-state index contributed by atoms with van der Waals surface area (Å²) in [7, 11) is -7.85. The largest absolute Gasteiger partial charge is 0.238 e. The van der Waals surface area contributed by atoms with E-state index in [0.717, 1.165) is 0 Å². The highest BCUT2D eigenvalue weighted by molar-refractivity contribution is 7.89. The summed E-state index contributed by atoms with van der Waals surface area (Å²) in [6, 6.07) is 8.40. The van der Waals surface area contributed by atoms with E-state index in [1.54, 1.807) is 0 Å². The van der Waals surface area contributed by atoms with Crippen molar-refractivity contribution >= 4 is 30.8 Å². The van der Waals surface area contributed by atoms with Gasteiger partial charge in [-0.15, -0.1) is 0 Å². The summed E-state index contributed by atoms with van der Waals surface area (Å²) in [5.41, 5.74) is 0. The van der Waals surface area contributed by atoms with Crippen molar-refractivity contribution in [3.05, 3.63) is 36.4 Å². The van der Waals surface area contributed by atoms with Crippen LogP contribution in [0.2, 0.25) is 0 Å². The molecule has 0 aliphatic carbocycles. The van der Waals surface area contributed by atoms with Crippen LogP contribution >= 0.6 is 0 Å². The Morgan fingerprint density at radius 2 is 1.00 bits per heavy atom. The summed E-state index contributed by atoms with van der Waals surface area (Å²) in [5.74, 6) is 0. The quantitative estimate of drug-likeness (QED) is 0.815. The van der Waals surface area contributed by atoms with Crippen LogP contribution in [-0.2, 0) is 20.0 Å². The fourth-order valence-electron chi connectivity index (χ4n) is 1.75. The molecule has 6 nitrogen and oxygen atoms in total. The van der Waals surface area contributed by atoms with Crippen LogP contribution in [-0.4, -0.2) is 16.8 Å². The maximum absolute atomic E-state index is 11.4. The van der Waals surface area contributed by atoms with Crippen LogP contribution in [0.3, 0.4) is 0 Å². The van der Waals surface area contributed by atoms with Crippen molar-refractivity contribution in [2.24, 2.45) is 10.3 Å². The fourth-order valence-corrected chi connectivity index (χ4v) is 3.25. The summed E-state index contributed by atoms with van der Waals surface area (Å²) >= 11 is 0. The molecule has 0 heterocycles. The Balaban J connectivity index is 3.00. The average molecular weight is 286 g/mol. The van der Waals surface area contributed by atoms with E-state index < -0.39 is 20.0 Å². The van der Waals surface area contributed by atoms with E-state index in [2.05, 4.69) is 0 Å². The number of sulfonamides is 2. The van der Waals surface area contributed by atoms with Gasteiger partial charge in [0.2, 0.25) is 20.0 Å². The molecule has 8 heteroatoms. The molecule has 0 amide bonds. The van der Waals surface area contributed by atoms with Gasteiger partial charge in [-0.2, -0.15) is 0 Å². The molecule has 0 bridgehead atoms. The molecule has 18 heavy (non-hydrogen) atoms. The molecule has 0 atom stereocenters. The summed E-state index contributed by atoms with van der Waals surface area (Å²) in [4.78, 5) is -0.268. The van der Waals surface area contributed by atoms with E-state index in [-0.39, 0.29) is 20.6 Å². The Hall–Kier alpha value is -1.48. The number of primary sulfonamides is 2. The van der Waals surface area contributed by atoms with Crippen LogP contribution in [0.4, 0.5) is 0 Å². The zero-order valence-corrected chi connectivity index (χ0v) is 10.7. The standard InChI is InChI=1S/C10H10N2O4S2/c11-17(13,14)9-5-1-3-7-8(9)4-2-6-10(7)18(12,15)16/h1-6H,(H2,11,13,14)(H2,12,15,16). The Bertz CT molecular complexity index is 755. The SMILES string of the molecule is NS(=O)(=O)c1cccc2c(S(N)(=O)=O)cccc12. The molecule has 96 valence electrons. The van der Waals surface area contributed by atoms with E-state index >= 15 is 0 Å². The Labute approximate surface area is 104 Å². The van der Waals surface area contributed by atoms with Crippen molar-refractivity contribution in [1.82, 2.24) is 0 Å². The number of nitrogens with two attached hydrogens (primary N) is 2. The topological polar surface area (TPSA) is 120 Å². The van der Waals surface area contributed by atoms with E-state index in [1.165, 1.54) is 36.4 Å². The second-order valence-corrected chi connectivity index (χ2v) is 6.76. The van der Waals surface area contributed by atoms with Gasteiger partial charge in [-0.3, -0.25) is 0 Å². The van der Waals surface area contributed by atoms with E-state index in [4.69, 9.17) is 10.3 Å². The Morgan fingerprint density at radius 1 is 0.667 bits per heavy atom. The van der Waals surface area contributed by atoms with Crippen LogP contribution < -0.4 is 10.3 Å². The van der Waals surface area contributed by atoms with Crippen LogP contribution in [0.5, 0.6) is 0 Å². The summed E-state index contributed by atoms with van der Waals surface area (Å²) in [5, 5.41) is 10.6. The van der Waals surface area contributed by atoms with E-state index in [0.29, 0.717) is 0 Å². The second kappa shape index (κ2) is 4.02. The number of rotatable bonds is 2. The fraction of sp³-hybridized carbons (Fsp3) is 0. The van der Waals surface area contributed by atoms with Crippen molar-refractivity contribution in [3.8, 4) is 0 Å². The van der Waals surface area contributed by atoms with Gasteiger partial charge in [0, 0.05) is 10.8 Å². The molecule has 0 radical (unpaired) electrons. The lowest BCUT2D eigenvalue weighted by molar-refractivity contribution is 0.596. The van der Waals surface area contributed by atoms with Crippen LogP contribution in [0.1, 0.15) is 0 Å². The number of hydrogen-bond donors (Lipinski definition) is 2. The first-order valence-corrected chi connectivity index (χ1v) is 7.88. The highest BCUT2D eigenvalue weighted by Crippen LogP contribution is 2.26. The first-order valence-electron chi connectivity index (χ1n) is 4.78. The molecule has 0 saturated carbocycles. The predicted octanol–water partition coefficient (Wildman–Crippen LogP) is 0.135. The molecule has 0 spiro atoms. The highest BCUT2D eigenvalue weighted by atomic mass is 32.2. The zero-order valence-electron chi connectivity index (χ0n) is 9.07. The third-order valence-electron chi connectivity index (χ3n) is 2.46. The molecule has 0 saturated heterocycles. The predicted molar refractivity (Wildman–Crippen MR) is 66.7 cm³/mol. The van der Waals surface area contributed by atoms with Crippen LogP contribution in [0, 0.1) is 0 Å². The van der Waals surface area contributed by atoms with Crippen molar-refractivity contribution in [3.63, 3.8) is 0 Å². The van der Waals surface area contributed by atoms with Gasteiger partial charge in [0.15, 0.2) is 0 Å². The first-order chi connectivity index (χ1) is 8.21. The zero-order chi connectivity index (χ0) is 13.6. The van der Waals surface area contributed by atoms with Crippen molar-refractivity contribution in [1.29, 1.82) is 0 Å². The van der Waals surface area contributed by atoms with Crippen molar-refractivity contribution in [2.45, 2.75) is 9.79 Å².